The van der Waals surface area contributed by atoms with Crippen molar-refractivity contribution in [2.24, 2.45) is 0 Å². The average molecular weight is 479 g/mol. The highest BCUT2D eigenvalue weighted by Gasteiger charge is 2.13. The molecule has 0 aliphatic heterocycles. The number of ether oxygens (including phenoxy) is 2. The summed E-state index contributed by atoms with van der Waals surface area (Å²) in [6, 6.07) is 19.7. The van der Waals surface area contributed by atoms with Gasteiger partial charge in [-0.2, -0.15) is 5.26 Å². The third-order valence-electron chi connectivity index (χ3n) is 4.52. The normalized spacial score (nSPS) is 11.0. The zero-order valence-electron chi connectivity index (χ0n) is 17.0. The van der Waals surface area contributed by atoms with Gasteiger partial charge in [0.25, 0.3) is 5.69 Å². The summed E-state index contributed by atoms with van der Waals surface area (Å²) in [6.07, 6.45) is 1.65. The van der Waals surface area contributed by atoms with Crippen LogP contribution < -0.4 is 9.47 Å². The highest BCUT2D eigenvalue weighted by Crippen LogP contribution is 2.38. The third kappa shape index (κ3) is 5.50. The summed E-state index contributed by atoms with van der Waals surface area (Å²) >= 11 is 3.52. The van der Waals surface area contributed by atoms with Crippen LogP contribution >= 0.6 is 15.9 Å². The standard InChI is InChI=1S/C24H19BrN2O4/c1-16-5-3-6-17(9-16)15-31-24-22(25)11-18(12-23(24)30-2)10-20(14-26)19-7-4-8-21(13-19)27(28)29/h3-13H,15H2,1-2H3/b20-10-. The number of nitriles is 1. The zero-order valence-corrected chi connectivity index (χ0v) is 18.5. The van der Waals surface area contributed by atoms with E-state index in [0.717, 1.165) is 11.1 Å². The molecule has 31 heavy (non-hydrogen) atoms. The maximum atomic E-state index is 11.0. The lowest BCUT2D eigenvalue weighted by atomic mass is 10.0. The monoisotopic (exact) mass is 478 g/mol. The molecule has 0 saturated heterocycles. The van der Waals surface area contributed by atoms with Gasteiger partial charge in [-0.3, -0.25) is 10.1 Å². The lowest BCUT2D eigenvalue weighted by Gasteiger charge is -2.14. The van der Waals surface area contributed by atoms with E-state index >= 15 is 0 Å². The highest BCUT2D eigenvalue weighted by atomic mass is 79.9. The number of halogens is 1. The summed E-state index contributed by atoms with van der Waals surface area (Å²) in [6.45, 7) is 2.40. The molecule has 3 rings (SSSR count). The number of benzene rings is 3. The predicted octanol–water partition coefficient (Wildman–Crippen LogP) is 6.32. The minimum atomic E-state index is -0.488. The molecule has 0 aliphatic carbocycles. The fourth-order valence-corrected chi connectivity index (χ4v) is 3.63. The van der Waals surface area contributed by atoms with Crippen molar-refractivity contribution in [1.29, 1.82) is 5.26 Å². The highest BCUT2D eigenvalue weighted by molar-refractivity contribution is 9.10. The van der Waals surface area contributed by atoms with Crippen LogP contribution in [0.3, 0.4) is 0 Å². The van der Waals surface area contributed by atoms with Gasteiger partial charge in [-0.1, -0.05) is 42.0 Å². The van der Waals surface area contributed by atoms with Crippen LogP contribution in [0.25, 0.3) is 11.6 Å². The molecule has 0 fully saturated rings. The van der Waals surface area contributed by atoms with Gasteiger partial charge < -0.3 is 9.47 Å². The molecule has 0 N–H and O–H groups in total. The largest absolute Gasteiger partial charge is 0.493 e. The molecule has 3 aromatic rings. The Balaban J connectivity index is 1.91. The Hall–Kier alpha value is -3.63. The molecule has 0 bridgehead atoms. The molecule has 0 unspecified atom stereocenters. The van der Waals surface area contributed by atoms with Crippen molar-refractivity contribution in [3.8, 4) is 17.6 Å². The average Bonchev–Trinajstić information content (AvgIpc) is 2.76. The Labute approximate surface area is 188 Å². The van der Waals surface area contributed by atoms with Crippen molar-refractivity contribution in [2.45, 2.75) is 13.5 Å². The number of hydrogen-bond donors (Lipinski definition) is 0. The first-order valence-corrected chi connectivity index (χ1v) is 10.1. The fraction of sp³-hybridized carbons (Fsp3) is 0.125. The van der Waals surface area contributed by atoms with Crippen LogP contribution in [0.2, 0.25) is 0 Å². The van der Waals surface area contributed by atoms with Crippen LogP contribution in [0, 0.1) is 28.4 Å². The van der Waals surface area contributed by atoms with Crippen molar-refractivity contribution in [2.75, 3.05) is 7.11 Å². The molecule has 0 aliphatic rings. The van der Waals surface area contributed by atoms with Crippen molar-refractivity contribution in [1.82, 2.24) is 0 Å². The minimum Gasteiger partial charge on any atom is -0.493 e. The van der Waals surface area contributed by atoms with E-state index in [1.165, 1.54) is 12.1 Å². The summed E-state index contributed by atoms with van der Waals surface area (Å²) in [5.41, 5.74) is 3.57. The van der Waals surface area contributed by atoms with E-state index in [4.69, 9.17) is 9.47 Å². The van der Waals surface area contributed by atoms with Gasteiger partial charge in [-0.15, -0.1) is 0 Å². The van der Waals surface area contributed by atoms with Gasteiger partial charge in [0.05, 0.1) is 28.1 Å². The maximum absolute atomic E-state index is 11.0. The lowest BCUT2D eigenvalue weighted by Crippen LogP contribution is -1.99. The smallest absolute Gasteiger partial charge is 0.270 e. The molecule has 0 heterocycles. The van der Waals surface area contributed by atoms with Crippen LogP contribution in [0.5, 0.6) is 11.5 Å². The second-order valence-electron chi connectivity index (χ2n) is 6.79. The van der Waals surface area contributed by atoms with Crippen molar-refractivity contribution in [3.63, 3.8) is 0 Å². The second kappa shape index (κ2) is 9.92. The van der Waals surface area contributed by atoms with Gasteiger partial charge in [-0.05, 0) is 57.8 Å². The van der Waals surface area contributed by atoms with Crippen molar-refractivity contribution < 1.29 is 14.4 Å². The lowest BCUT2D eigenvalue weighted by molar-refractivity contribution is -0.384. The summed E-state index contributed by atoms with van der Waals surface area (Å²) in [5, 5.41) is 20.6. The van der Waals surface area contributed by atoms with E-state index in [1.54, 1.807) is 31.4 Å². The Bertz CT molecular complexity index is 1200. The fourth-order valence-electron chi connectivity index (χ4n) is 3.05. The first kappa shape index (κ1) is 22.1. The summed E-state index contributed by atoms with van der Waals surface area (Å²) in [4.78, 5) is 10.5. The number of aryl methyl sites for hydroxylation is 1. The number of methoxy groups -OCH3 is 1. The van der Waals surface area contributed by atoms with Crippen LogP contribution in [-0.2, 0) is 6.61 Å². The quantitative estimate of drug-likeness (QED) is 0.171. The van der Waals surface area contributed by atoms with Gasteiger partial charge in [0.2, 0.25) is 0 Å². The van der Waals surface area contributed by atoms with Gasteiger partial charge in [-0.25, -0.2) is 0 Å². The zero-order chi connectivity index (χ0) is 22.4. The predicted molar refractivity (Wildman–Crippen MR) is 123 cm³/mol. The first-order chi connectivity index (χ1) is 14.9. The van der Waals surface area contributed by atoms with E-state index in [2.05, 4.69) is 28.1 Å². The number of hydrogen-bond acceptors (Lipinski definition) is 5. The molecule has 0 aromatic heterocycles. The number of nitrogens with zero attached hydrogens (tertiary/aromatic N) is 2. The Morgan fingerprint density at radius 2 is 1.97 bits per heavy atom. The molecule has 6 nitrogen and oxygen atoms in total. The SMILES string of the molecule is COc1cc(/C=C(/C#N)c2cccc([N+](=O)[O-])c2)cc(Br)c1OCc1cccc(C)c1. The van der Waals surface area contributed by atoms with E-state index in [1.807, 2.05) is 31.2 Å². The Morgan fingerprint density at radius 1 is 1.19 bits per heavy atom. The van der Waals surface area contributed by atoms with Crippen LogP contribution in [0.15, 0.2) is 65.1 Å². The van der Waals surface area contributed by atoms with Crippen LogP contribution in [0.1, 0.15) is 22.3 Å². The summed E-state index contributed by atoms with van der Waals surface area (Å²) in [5.74, 6) is 1.06. The third-order valence-corrected chi connectivity index (χ3v) is 5.11. The second-order valence-corrected chi connectivity index (χ2v) is 7.64. The molecule has 0 atom stereocenters. The van der Waals surface area contributed by atoms with Gasteiger partial charge >= 0.3 is 0 Å². The van der Waals surface area contributed by atoms with E-state index in [0.29, 0.717) is 39.3 Å². The number of non-ortho nitro benzene ring substituents is 1. The van der Waals surface area contributed by atoms with E-state index in [9.17, 15) is 15.4 Å². The van der Waals surface area contributed by atoms with Gasteiger partial charge in [0.15, 0.2) is 11.5 Å². The molecule has 0 amide bonds. The molecule has 7 heteroatoms. The Morgan fingerprint density at radius 3 is 2.65 bits per heavy atom. The molecule has 0 saturated carbocycles. The molecular formula is C24H19BrN2O4. The summed E-state index contributed by atoms with van der Waals surface area (Å²) in [7, 11) is 1.54. The molecular weight excluding hydrogens is 460 g/mol. The van der Waals surface area contributed by atoms with Crippen LogP contribution in [-0.4, -0.2) is 12.0 Å². The molecule has 156 valence electrons. The molecule has 3 aromatic carbocycles. The molecule has 0 radical (unpaired) electrons. The van der Waals surface area contributed by atoms with Crippen molar-refractivity contribution in [3.05, 3.63) is 97.5 Å². The maximum Gasteiger partial charge on any atom is 0.270 e. The topological polar surface area (TPSA) is 85.4 Å². The molecule has 0 spiro atoms. The van der Waals surface area contributed by atoms with Gasteiger partial charge in [0, 0.05) is 12.1 Å². The van der Waals surface area contributed by atoms with E-state index < -0.39 is 4.92 Å². The number of allylic oxidation sites excluding steroid dienone is 1. The number of nitro benzene ring substituents is 1. The minimum absolute atomic E-state index is 0.0719. The first-order valence-electron chi connectivity index (χ1n) is 9.33. The van der Waals surface area contributed by atoms with Crippen molar-refractivity contribution >= 4 is 33.3 Å². The van der Waals surface area contributed by atoms with E-state index in [-0.39, 0.29) is 5.69 Å². The van der Waals surface area contributed by atoms with Gasteiger partial charge in [0.1, 0.15) is 6.61 Å². The number of nitro groups is 1. The Kier molecular flexibility index (Phi) is 7.06. The number of rotatable bonds is 7. The van der Waals surface area contributed by atoms with Crippen LogP contribution in [0.4, 0.5) is 5.69 Å². The summed E-state index contributed by atoms with van der Waals surface area (Å²) < 4.78 is 12.1.